The first-order chi connectivity index (χ1) is 7.87. The number of carboxylic acids is 1. The smallest absolute Gasteiger partial charge is 0.308 e. The van der Waals surface area contributed by atoms with Crippen LogP contribution < -0.4 is 5.32 Å². The van der Waals surface area contributed by atoms with Crippen LogP contribution in [0.1, 0.15) is 52.9 Å². The van der Waals surface area contributed by atoms with Crippen LogP contribution in [0, 0.1) is 11.3 Å². The van der Waals surface area contributed by atoms with Crippen molar-refractivity contribution in [1.29, 1.82) is 0 Å². The number of hydrogen-bond acceptors (Lipinski definition) is 2. The van der Waals surface area contributed by atoms with Gasteiger partial charge in [0.15, 0.2) is 0 Å². The quantitative estimate of drug-likeness (QED) is 0.792. The lowest BCUT2D eigenvalue weighted by atomic mass is 9.75. The van der Waals surface area contributed by atoms with Gasteiger partial charge in [0.05, 0.1) is 5.92 Å². The molecule has 0 aromatic rings. The molecule has 0 aromatic carbocycles. The molecule has 0 spiro atoms. The molecule has 0 aliphatic heterocycles. The van der Waals surface area contributed by atoms with Crippen molar-refractivity contribution >= 4 is 11.9 Å². The maximum atomic E-state index is 12.2. The normalized spacial score (nSPS) is 22.5. The van der Waals surface area contributed by atoms with Gasteiger partial charge in [0.1, 0.15) is 0 Å². The number of carbonyl (C=O) groups is 2. The van der Waals surface area contributed by atoms with E-state index in [4.69, 9.17) is 5.11 Å². The van der Waals surface area contributed by atoms with E-state index in [1.54, 1.807) is 13.8 Å². The Labute approximate surface area is 103 Å². The van der Waals surface area contributed by atoms with Crippen LogP contribution in [0.4, 0.5) is 0 Å². The predicted octanol–water partition coefficient (Wildman–Crippen LogP) is 2.18. The Kier molecular flexibility index (Phi) is 4.54. The lowest BCUT2D eigenvalue weighted by Crippen LogP contribution is -2.47. The Bertz CT molecular complexity index is 295. The minimum Gasteiger partial charge on any atom is -0.481 e. The van der Waals surface area contributed by atoms with Crippen molar-refractivity contribution in [3.63, 3.8) is 0 Å². The van der Waals surface area contributed by atoms with Crippen LogP contribution in [-0.4, -0.2) is 23.0 Å². The molecule has 2 atom stereocenters. The van der Waals surface area contributed by atoms with E-state index in [2.05, 4.69) is 5.32 Å². The lowest BCUT2D eigenvalue weighted by Gasteiger charge is -2.33. The van der Waals surface area contributed by atoms with Crippen molar-refractivity contribution in [3.05, 3.63) is 0 Å². The molecule has 0 aromatic heterocycles. The number of hydrogen-bond donors (Lipinski definition) is 2. The Morgan fingerprint density at radius 1 is 1.18 bits per heavy atom. The van der Waals surface area contributed by atoms with Crippen molar-refractivity contribution in [2.24, 2.45) is 11.3 Å². The molecule has 0 radical (unpaired) electrons. The molecule has 4 heteroatoms. The largest absolute Gasteiger partial charge is 0.481 e. The van der Waals surface area contributed by atoms with Gasteiger partial charge in [-0.3, -0.25) is 9.59 Å². The van der Waals surface area contributed by atoms with E-state index in [1.807, 2.05) is 6.92 Å². The molecule has 1 rings (SSSR count). The second-order valence-corrected chi connectivity index (χ2v) is 5.51. The van der Waals surface area contributed by atoms with Crippen LogP contribution >= 0.6 is 0 Å². The molecule has 17 heavy (non-hydrogen) atoms. The molecule has 1 fully saturated rings. The Hall–Kier alpha value is -1.06. The van der Waals surface area contributed by atoms with E-state index in [9.17, 15) is 9.59 Å². The zero-order chi connectivity index (χ0) is 13.1. The number of rotatable bonds is 4. The summed E-state index contributed by atoms with van der Waals surface area (Å²) in [7, 11) is 0. The van der Waals surface area contributed by atoms with Crippen LogP contribution in [0.25, 0.3) is 0 Å². The van der Waals surface area contributed by atoms with Gasteiger partial charge in [-0.05, 0) is 26.7 Å². The second-order valence-electron chi connectivity index (χ2n) is 5.51. The molecule has 0 saturated heterocycles. The third-order valence-corrected chi connectivity index (χ3v) is 4.00. The van der Waals surface area contributed by atoms with Gasteiger partial charge < -0.3 is 10.4 Å². The summed E-state index contributed by atoms with van der Waals surface area (Å²) in [6, 6.07) is -0.321. The van der Waals surface area contributed by atoms with Crippen LogP contribution in [0.15, 0.2) is 0 Å². The number of aliphatic carboxylic acids is 1. The Morgan fingerprint density at radius 2 is 1.71 bits per heavy atom. The highest BCUT2D eigenvalue weighted by Gasteiger charge is 2.36. The molecule has 4 nitrogen and oxygen atoms in total. The Morgan fingerprint density at radius 3 is 2.18 bits per heavy atom. The number of carboxylic acid groups (broad SMARTS) is 1. The number of nitrogens with one attached hydrogen (secondary N) is 1. The Balaban J connectivity index is 2.56. The van der Waals surface area contributed by atoms with Crippen LogP contribution in [0.2, 0.25) is 0 Å². The van der Waals surface area contributed by atoms with E-state index in [0.717, 1.165) is 25.7 Å². The van der Waals surface area contributed by atoms with Crippen molar-refractivity contribution in [1.82, 2.24) is 5.32 Å². The molecule has 98 valence electrons. The van der Waals surface area contributed by atoms with Gasteiger partial charge in [-0.15, -0.1) is 0 Å². The van der Waals surface area contributed by atoms with Crippen LogP contribution in [0.3, 0.4) is 0 Å². The van der Waals surface area contributed by atoms with Gasteiger partial charge >= 0.3 is 5.97 Å². The molecule has 1 aliphatic rings. The molecule has 2 N–H and O–H groups in total. The predicted molar refractivity (Wildman–Crippen MR) is 65.6 cm³/mol. The average Bonchev–Trinajstić information content (AvgIpc) is 2.28. The summed E-state index contributed by atoms with van der Waals surface area (Å²) < 4.78 is 0. The van der Waals surface area contributed by atoms with Gasteiger partial charge in [-0.2, -0.15) is 0 Å². The summed E-state index contributed by atoms with van der Waals surface area (Å²) in [5, 5.41) is 11.7. The van der Waals surface area contributed by atoms with Crippen molar-refractivity contribution in [2.45, 2.75) is 58.9 Å². The second kappa shape index (κ2) is 5.52. The summed E-state index contributed by atoms with van der Waals surface area (Å²) >= 11 is 0. The highest BCUT2D eigenvalue weighted by atomic mass is 16.4. The maximum absolute atomic E-state index is 12.2. The van der Waals surface area contributed by atoms with E-state index < -0.39 is 11.9 Å². The fraction of sp³-hybridized carbons (Fsp3) is 0.846. The van der Waals surface area contributed by atoms with Gasteiger partial charge in [0.2, 0.25) is 5.91 Å². The number of carbonyl (C=O) groups excluding carboxylic acids is 1. The zero-order valence-electron chi connectivity index (χ0n) is 11.0. The fourth-order valence-electron chi connectivity index (χ4n) is 2.28. The van der Waals surface area contributed by atoms with Gasteiger partial charge in [0, 0.05) is 11.5 Å². The molecule has 1 saturated carbocycles. The van der Waals surface area contributed by atoms with Gasteiger partial charge in [-0.1, -0.05) is 26.2 Å². The third-order valence-electron chi connectivity index (χ3n) is 4.00. The molecule has 0 bridgehead atoms. The third kappa shape index (κ3) is 3.45. The summed E-state index contributed by atoms with van der Waals surface area (Å²) in [6.45, 7) is 5.36. The fourth-order valence-corrected chi connectivity index (χ4v) is 2.28. The topological polar surface area (TPSA) is 66.4 Å². The first-order valence-electron chi connectivity index (χ1n) is 6.40. The highest BCUT2D eigenvalue weighted by Crippen LogP contribution is 2.36. The van der Waals surface area contributed by atoms with Gasteiger partial charge in [-0.25, -0.2) is 0 Å². The summed E-state index contributed by atoms with van der Waals surface area (Å²) in [5.74, 6) is -1.41. The van der Waals surface area contributed by atoms with E-state index in [0.29, 0.717) is 0 Å². The highest BCUT2D eigenvalue weighted by molar-refractivity contribution is 5.83. The molecule has 1 amide bonds. The number of amides is 1. The molecular formula is C13H23NO3. The summed E-state index contributed by atoms with van der Waals surface area (Å²) in [5.41, 5.74) is -0.301. The minimum absolute atomic E-state index is 0.0119. The molecular weight excluding hydrogens is 218 g/mol. The van der Waals surface area contributed by atoms with Crippen LogP contribution in [-0.2, 0) is 9.59 Å². The lowest BCUT2D eigenvalue weighted by molar-refractivity contribution is -0.142. The standard InChI is InChI=1S/C13H23NO3/c1-9(11(15)16)10(2)14-12(17)13(3)7-5-4-6-8-13/h9-10H,4-8H2,1-3H3,(H,14,17)(H,15,16). The monoisotopic (exact) mass is 241 g/mol. The SMILES string of the molecule is CC(NC(=O)C1(C)CCCCC1)C(C)C(=O)O. The molecule has 2 unspecified atom stereocenters. The van der Waals surface area contributed by atoms with E-state index >= 15 is 0 Å². The summed E-state index contributed by atoms with van der Waals surface area (Å²) in [4.78, 5) is 23.0. The molecule has 0 heterocycles. The van der Waals surface area contributed by atoms with Crippen molar-refractivity contribution < 1.29 is 14.7 Å². The first-order valence-corrected chi connectivity index (χ1v) is 6.40. The van der Waals surface area contributed by atoms with E-state index in [1.165, 1.54) is 6.42 Å². The first kappa shape index (κ1) is 14.0. The maximum Gasteiger partial charge on any atom is 0.308 e. The minimum atomic E-state index is -0.869. The summed E-state index contributed by atoms with van der Waals surface area (Å²) in [6.07, 6.45) is 5.20. The van der Waals surface area contributed by atoms with Gasteiger partial charge in [0.25, 0.3) is 0 Å². The zero-order valence-corrected chi connectivity index (χ0v) is 11.0. The molecule has 1 aliphatic carbocycles. The van der Waals surface area contributed by atoms with E-state index in [-0.39, 0.29) is 17.4 Å². The van der Waals surface area contributed by atoms with Crippen molar-refractivity contribution in [2.75, 3.05) is 0 Å². The van der Waals surface area contributed by atoms with Crippen LogP contribution in [0.5, 0.6) is 0 Å². The van der Waals surface area contributed by atoms with Crippen molar-refractivity contribution in [3.8, 4) is 0 Å². The average molecular weight is 241 g/mol.